The van der Waals surface area contributed by atoms with Gasteiger partial charge in [-0.3, -0.25) is 4.79 Å². The topological polar surface area (TPSA) is 50.2 Å². The maximum atomic E-state index is 13.3. The Morgan fingerprint density at radius 1 is 1.27 bits per heavy atom. The summed E-state index contributed by atoms with van der Waals surface area (Å²) in [5.74, 6) is 0.115. The fraction of sp³-hybridized carbons (Fsp3) is 0.524. The van der Waals surface area contributed by atoms with Crippen molar-refractivity contribution in [2.24, 2.45) is 0 Å². The maximum absolute atomic E-state index is 13.3. The van der Waals surface area contributed by atoms with Crippen LogP contribution in [-0.4, -0.2) is 46.8 Å². The molecule has 0 bridgehead atoms. The van der Waals surface area contributed by atoms with E-state index in [9.17, 15) is 4.79 Å². The highest BCUT2D eigenvalue weighted by Crippen LogP contribution is 2.31. The van der Waals surface area contributed by atoms with Crippen molar-refractivity contribution in [2.45, 2.75) is 52.0 Å². The maximum Gasteiger partial charge on any atom is 0.274 e. The molecule has 1 unspecified atom stereocenters. The lowest BCUT2D eigenvalue weighted by Crippen LogP contribution is -2.41. The normalized spacial score (nSPS) is 19.2. The number of amides is 1. The van der Waals surface area contributed by atoms with Crippen molar-refractivity contribution in [1.29, 1.82) is 0 Å². The number of nitrogens with zero attached hydrogens (tertiary/aromatic N) is 3. The van der Waals surface area contributed by atoms with Gasteiger partial charge in [0.15, 0.2) is 5.69 Å². The van der Waals surface area contributed by atoms with Gasteiger partial charge >= 0.3 is 0 Å². The highest BCUT2D eigenvalue weighted by atomic mass is 16.2. The van der Waals surface area contributed by atoms with Crippen LogP contribution in [0.2, 0.25) is 0 Å². The molecular formula is C21H28N4O. The zero-order chi connectivity index (χ0) is 18.3. The zero-order valence-electron chi connectivity index (χ0n) is 16.0. The number of benzene rings is 1. The average molecular weight is 352 g/mol. The quantitative estimate of drug-likeness (QED) is 0.920. The smallest absolute Gasteiger partial charge is 0.274 e. The number of fused-ring (bicyclic) bond motifs is 1. The van der Waals surface area contributed by atoms with Crippen molar-refractivity contribution >= 4 is 5.91 Å². The third-order valence-electron chi connectivity index (χ3n) is 5.79. The van der Waals surface area contributed by atoms with Gasteiger partial charge in [0, 0.05) is 30.4 Å². The molecule has 1 aliphatic carbocycles. The molecule has 1 aromatic carbocycles. The van der Waals surface area contributed by atoms with Gasteiger partial charge < -0.3 is 10.2 Å². The van der Waals surface area contributed by atoms with Gasteiger partial charge in [0.05, 0.1) is 5.69 Å². The molecule has 1 fully saturated rings. The molecule has 2 heterocycles. The number of rotatable bonds is 4. The lowest BCUT2D eigenvalue weighted by atomic mass is 10.1. The van der Waals surface area contributed by atoms with E-state index in [-0.39, 0.29) is 11.9 Å². The Labute approximate surface area is 155 Å². The van der Waals surface area contributed by atoms with Gasteiger partial charge in [0.2, 0.25) is 0 Å². The summed E-state index contributed by atoms with van der Waals surface area (Å²) in [5, 5.41) is 8.06. The summed E-state index contributed by atoms with van der Waals surface area (Å²) >= 11 is 0. The van der Waals surface area contributed by atoms with Crippen molar-refractivity contribution in [3.05, 3.63) is 46.3 Å². The summed E-state index contributed by atoms with van der Waals surface area (Å²) in [4.78, 5) is 15.3. The summed E-state index contributed by atoms with van der Waals surface area (Å²) in [6, 6.07) is 6.72. The van der Waals surface area contributed by atoms with Crippen LogP contribution < -0.4 is 5.32 Å². The fourth-order valence-electron chi connectivity index (χ4n) is 4.54. The Hall–Kier alpha value is -2.14. The van der Waals surface area contributed by atoms with Crippen LogP contribution in [0.25, 0.3) is 5.69 Å². The van der Waals surface area contributed by atoms with Gasteiger partial charge in [-0.15, -0.1) is 0 Å². The van der Waals surface area contributed by atoms with Gasteiger partial charge in [-0.1, -0.05) is 17.7 Å². The van der Waals surface area contributed by atoms with E-state index >= 15 is 0 Å². The lowest BCUT2D eigenvalue weighted by molar-refractivity contribution is 0.0729. The van der Waals surface area contributed by atoms with Crippen molar-refractivity contribution in [3.63, 3.8) is 0 Å². The summed E-state index contributed by atoms with van der Waals surface area (Å²) in [6.45, 7) is 5.92. The second-order valence-corrected chi connectivity index (χ2v) is 7.68. The van der Waals surface area contributed by atoms with Crippen molar-refractivity contribution in [1.82, 2.24) is 20.0 Å². The van der Waals surface area contributed by atoms with Gasteiger partial charge in [-0.05, 0) is 64.6 Å². The molecule has 1 aromatic heterocycles. The molecule has 138 valence electrons. The Morgan fingerprint density at radius 3 is 2.88 bits per heavy atom. The average Bonchev–Trinajstić information content (AvgIpc) is 3.31. The number of hydrogen-bond donors (Lipinski definition) is 1. The standard InChI is InChI=1S/C21H28N4O/c1-14-9-10-18(15(2)12-14)25-19-8-4-7-17(19)20(23-25)21(26)24-11-5-6-16(24)13-22-3/h9-10,12,16,22H,4-8,11,13H2,1-3H3. The summed E-state index contributed by atoms with van der Waals surface area (Å²) < 4.78 is 2.04. The van der Waals surface area contributed by atoms with E-state index in [0.29, 0.717) is 5.69 Å². The van der Waals surface area contributed by atoms with Gasteiger partial charge in [-0.25, -0.2) is 4.68 Å². The van der Waals surface area contributed by atoms with Crippen LogP contribution in [0.3, 0.4) is 0 Å². The summed E-state index contributed by atoms with van der Waals surface area (Å²) in [5.41, 5.74) is 6.63. The SMILES string of the molecule is CNCC1CCCN1C(=O)c1nn(-c2ccc(C)cc2C)c2c1CCC2. The monoisotopic (exact) mass is 352 g/mol. The molecule has 5 heteroatoms. The summed E-state index contributed by atoms with van der Waals surface area (Å²) in [6.07, 6.45) is 5.23. The molecule has 1 N–H and O–H groups in total. The Balaban J connectivity index is 1.73. The fourth-order valence-corrected chi connectivity index (χ4v) is 4.54. The highest BCUT2D eigenvalue weighted by Gasteiger charge is 2.34. The van der Waals surface area contributed by atoms with E-state index in [0.717, 1.165) is 50.9 Å². The first-order valence-electron chi connectivity index (χ1n) is 9.74. The molecule has 0 radical (unpaired) electrons. The van der Waals surface area contributed by atoms with E-state index in [1.165, 1.54) is 22.4 Å². The molecule has 1 aliphatic heterocycles. The van der Waals surface area contributed by atoms with Crippen LogP contribution in [0.1, 0.15) is 52.1 Å². The molecular weight excluding hydrogens is 324 g/mol. The first-order chi connectivity index (χ1) is 12.6. The molecule has 4 rings (SSSR count). The van der Waals surface area contributed by atoms with E-state index in [1.807, 2.05) is 16.6 Å². The van der Waals surface area contributed by atoms with E-state index in [2.05, 4.69) is 37.4 Å². The van der Waals surface area contributed by atoms with Crippen molar-refractivity contribution < 1.29 is 4.79 Å². The minimum Gasteiger partial charge on any atom is -0.333 e. The Bertz CT molecular complexity index is 839. The predicted molar refractivity (Wildman–Crippen MR) is 103 cm³/mol. The largest absolute Gasteiger partial charge is 0.333 e. The Kier molecular flexibility index (Phi) is 4.57. The number of hydrogen-bond acceptors (Lipinski definition) is 3. The molecule has 1 amide bonds. The first kappa shape index (κ1) is 17.3. The molecule has 0 saturated carbocycles. The van der Waals surface area contributed by atoms with Crippen molar-refractivity contribution in [2.75, 3.05) is 20.1 Å². The van der Waals surface area contributed by atoms with Crippen LogP contribution in [-0.2, 0) is 12.8 Å². The number of carbonyl (C=O) groups excluding carboxylic acids is 1. The minimum absolute atomic E-state index is 0.115. The lowest BCUT2D eigenvalue weighted by Gasteiger charge is -2.24. The minimum atomic E-state index is 0.115. The molecule has 0 spiro atoms. The zero-order valence-corrected chi connectivity index (χ0v) is 16.0. The predicted octanol–water partition coefficient (Wildman–Crippen LogP) is 2.80. The van der Waals surface area contributed by atoms with E-state index in [1.54, 1.807) is 0 Å². The van der Waals surface area contributed by atoms with Gasteiger partial charge in [-0.2, -0.15) is 5.10 Å². The van der Waals surface area contributed by atoms with E-state index < -0.39 is 0 Å². The van der Waals surface area contributed by atoms with E-state index in [4.69, 9.17) is 5.10 Å². The van der Waals surface area contributed by atoms with Crippen LogP contribution in [0.15, 0.2) is 18.2 Å². The Morgan fingerprint density at radius 2 is 2.12 bits per heavy atom. The second-order valence-electron chi connectivity index (χ2n) is 7.68. The van der Waals surface area contributed by atoms with Crippen LogP contribution >= 0.6 is 0 Å². The number of nitrogens with one attached hydrogen (secondary N) is 1. The third kappa shape index (κ3) is 2.84. The van der Waals surface area contributed by atoms with Gasteiger partial charge in [0.25, 0.3) is 5.91 Å². The molecule has 2 aromatic rings. The van der Waals surface area contributed by atoms with Crippen LogP contribution in [0.5, 0.6) is 0 Å². The molecule has 1 saturated heterocycles. The van der Waals surface area contributed by atoms with Gasteiger partial charge in [0.1, 0.15) is 0 Å². The second kappa shape index (κ2) is 6.88. The van der Waals surface area contributed by atoms with Crippen LogP contribution in [0, 0.1) is 13.8 Å². The number of aromatic nitrogens is 2. The third-order valence-corrected chi connectivity index (χ3v) is 5.79. The number of aryl methyl sites for hydroxylation is 2. The number of likely N-dealkylation sites (N-methyl/N-ethyl adjacent to an activating group) is 1. The number of carbonyl (C=O) groups is 1. The summed E-state index contributed by atoms with van der Waals surface area (Å²) in [7, 11) is 1.95. The molecule has 1 atom stereocenters. The molecule has 26 heavy (non-hydrogen) atoms. The number of likely N-dealkylation sites (tertiary alicyclic amines) is 1. The van der Waals surface area contributed by atoms with Crippen molar-refractivity contribution in [3.8, 4) is 5.69 Å². The molecule has 5 nitrogen and oxygen atoms in total. The molecule has 2 aliphatic rings. The first-order valence-corrected chi connectivity index (χ1v) is 9.74. The highest BCUT2D eigenvalue weighted by molar-refractivity contribution is 5.94. The van der Waals surface area contributed by atoms with Crippen LogP contribution in [0.4, 0.5) is 0 Å².